The van der Waals surface area contributed by atoms with E-state index >= 15 is 0 Å². The summed E-state index contributed by atoms with van der Waals surface area (Å²) in [6, 6.07) is 0. The minimum atomic E-state index is -0.118. The van der Waals surface area contributed by atoms with Crippen LogP contribution in [0.15, 0.2) is 0 Å². The van der Waals surface area contributed by atoms with E-state index in [-0.39, 0.29) is 109 Å². The first-order valence-electron chi connectivity index (χ1n) is 33.3. The van der Waals surface area contributed by atoms with Crippen molar-refractivity contribution in [3.63, 3.8) is 0 Å². The Morgan fingerprint density at radius 3 is 0.787 bits per heavy atom. The lowest BCUT2D eigenvalue weighted by Crippen LogP contribution is -2.27. The highest BCUT2D eigenvalue weighted by molar-refractivity contribution is 5.02. The molecule has 546 valence electrons. The van der Waals surface area contributed by atoms with Crippen molar-refractivity contribution in [1.29, 1.82) is 0 Å². The van der Waals surface area contributed by atoms with E-state index in [2.05, 4.69) is 83.1 Å². The zero-order valence-electron chi connectivity index (χ0n) is 51.6. The van der Waals surface area contributed by atoms with Crippen LogP contribution in [0.25, 0.3) is 0 Å². The molecule has 0 aromatic rings. The fourth-order valence-corrected chi connectivity index (χ4v) is 21.5. The molecule has 0 radical (unpaired) electrons. The summed E-state index contributed by atoms with van der Waals surface area (Å²) < 4.78 is 15.6. The minimum absolute atomic E-state index is 0. The van der Waals surface area contributed by atoms with Crippen LogP contribution < -0.4 is 0 Å². The molecule has 12 fully saturated rings. The van der Waals surface area contributed by atoms with Crippen LogP contribution >= 0.6 is 0 Å². The van der Waals surface area contributed by atoms with Gasteiger partial charge in [0.1, 0.15) is 13.6 Å². The third-order valence-electron chi connectivity index (χ3n) is 27.4. The van der Waals surface area contributed by atoms with Gasteiger partial charge in [-0.2, -0.15) is 0 Å². The predicted molar refractivity (Wildman–Crippen MR) is 393 cm³/mol. The van der Waals surface area contributed by atoms with E-state index in [0.29, 0.717) is 32.3 Å². The molecule has 12 rings (SSSR count). The predicted octanol–water partition coefficient (Wildman–Crippen LogP) is 20.6. The van der Waals surface area contributed by atoms with Gasteiger partial charge in [-0.15, -0.1) is 0 Å². The number of ether oxygens (including phenoxy) is 3. The van der Waals surface area contributed by atoms with Crippen molar-refractivity contribution < 1.29 is 44.8 Å². The Balaban J connectivity index is -0.000000226. The summed E-state index contributed by atoms with van der Waals surface area (Å²) in [6.07, 6.45) is 21.4. The molecule has 12 aliphatic rings. The molecule has 0 aliphatic heterocycles. The zero-order chi connectivity index (χ0) is 55.8. The summed E-state index contributed by atoms with van der Waals surface area (Å²) in [7, 11) is 0. The molecule has 30 unspecified atom stereocenters. The Morgan fingerprint density at radius 2 is 0.517 bits per heavy atom. The molecule has 0 saturated heterocycles. The van der Waals surface area contributed by atoms with Crippen molar-refractivity contribution >= 4 is 0 Å². The molecule has 6 N–H and O–H groups in total. The van der Waals surface area contributed by atoms with Crippen molar-refractivity contribution in [3.05, 3.63) is 0 Å². The summed E-state index contributed by atoms with van der Waals surface area (Å²) in [5.41, 5.74) is 0. The molecular weight excluding hydrogens is 1100 g/mol. The number of rotatable bonds is 17. The van der Waals surface area contributed by atoms with Gasteiger partial charge in [0, 0.05) is 33.0 Å². The zero-order valence-corrected chi connectivity index (χ0v) is 51.6. The van der Waals surface area contributed by atoms with Gasteiger partial charge < -0.3 is 44.8 Å². The Hall–Kier alpha value is -0.360. The van der Waals surface area contributed by atoms with Crippen LogP contribution in [0.1, 0.15) is 275 Å². The van der Waals surface area contributed by atoms with E-state index in [0.717, 1.165) is 211 Å². The van der Waals surface area contributed by atoms with Crippen LogP contribution in [0.5, 0.6) is 0 Å². The van der Waals surface area contributed by atoms with Crippen LogP contribution in [0.2, 0.25) is 0 Å². The topological polar surface area (TPSA) is 149 Å². The maximum Gasteiger partial charge on any atom is 0.143 e. The highest BCUT2D eigenvalue weighted by Gasteiger charge is 2.53. The monoisotopic (exact) mass is 1280 g/mol. The third kappa shape index (κ3) is 23.1. The van der Waals surface area contributed by atoms with Gasteiger partial charge in [-0.25, -0.2) is 0 Å². The fourth-order valence-electron chi connectivity index (χ4n) is 21.5. The second kappa shape index (κ2) is 46.7. The number of aliphatic hydroxyl groups excluding tert-OH is 6. The van der Waals surface area contributed by atoms with Crippen LogP contribution in [0.4, 0.5) is 0 Å². The van der Waals surface area contributed by atoms with E-state index in [1.54, 1.807) is 0 Å². The van der Waals surface area contributed by atoms with E-state index in [9.17, 15) is 0 Å². The molecule has 9 heteroatoms. The van der Waals surface area contributed by atoms with Gasteiger partial charge >= 0.3 is 0 Å². The Bertz CT molecular complexity index is 1590. The lowest BCUT2D eigenvalue weighted by atomic mass is 9.74. The average Bonchev–Trinajstić information content (AvgIpc) is 1.96. The van der Waals surface area contributed by atoms with Gasteiger partial charge in [0.15, 0.2) is 0 Å². The highest BCUT2D eigenvalue weighted by Crippen LogP contribution is 2.60. The molecule has 9 nitrogen and oxygen atoms in total. The summed E-state index contributed by atoms with van der Waals surface area (Å²) in [5.74, 6) is 27.1. The summed E-state index contributed by atoms with van der Waals surface area (Å²) in [6.45, 7) is 32.8. The van der Waals surface area contributed by atoms with E-state index in [1.807, 2.05) is 0 Å². The molecular formula is C80H172O9. The minimum Gasteiger partial charge on any atom is -0.396 e. The molecule has 0 heterocycles. The van der Waals surface area contributed by atoms with Gasteiger partial charge in [0.05, 0.1) is 19.8 Å². The van der Waals surface area contributed by atoms with Gasteiger partial charge in [-0.05, 0) is 280 Å². The molecule has 0 aromatic carbocycles. The van der Waals surface area contributed by atoms with Gasteiger partial charge in [0.25, 0.3) is 0 Å². The fraction of sp³-hybridized carbons (Fsp3) is 1.00. The van der Waals surface area contributed by atoms with Crippen molar-refractivity contribution in [2.75, 3.05) is 66.4 Å². The van der Waals surface area contributed by atoms with Crippen molar-refractivity contribution in [2.45, 2.75) is 275 Å². The largest absolute Gasteiger partial charge is 0.396 e. The molecule has 0 spiro atoms. The average molecular weight is 1280 g/mol. The van der Waals surface area contributed by atoms with Gasteiger partial charge in [-0.3, -0.25) is 0 Å². The first-order valence-corrected chi connectivity index (χ1v) is 33.3. The van der Waals surface area contributed by atoms with Crippen molar-refractivity contribution in [3.8, 4) is 0 Å². The second-order valence-electron chi connectivity index (χ2n) is 29.9. The van der Waals surface area contributed by atoms with Crippen molar-refractivity contribution in [2.24, 2.45) is 178 Å². The number of hydrogen-bond donors (Lipinski definition) is 6. The summed E-state index contributed by atoms with van der Waals surface area (Å²) in [5, 5.41) is 52.6. The first kappa shape index (κ1) is 99.7. The van der Waals surface area contributed by atoms with Crippen LogP contribution in [0, 0.1) is 178 Å². The summed E-state index contributed by atoms with van der Waals surface area (Å²) >= 11 is 0. The molecule has 0 aromatic heterocycles. The molecule has 89 heavy (non-hydrogen) atoms. The van der Waals surface area contributed by atoms with Gasteiger partial charge in [-0.1, -0.05) is 172 Å². The molecule has 30 atom stereocenters. The van der Waals surface area contributed by atoms with E-state index in [4.69, 9.17) is 44.8 Å². The maximum absolute atomic E-state index is 9.09. The van der Waals surface area contributed by atoms with E-state index in [1.165, 1.54) is 83.5 Å². The normalized spacial score (nSPS) is 42.5. The highest BCUT2D eigenvalue weighted by atomic mass is 16.6. The molecule has 12 bridgehead atoms. The SMILES string of the molecule is C.C.C.C.C.C.C.C.C.C.C.C.CC1C2CC(CCCO)C(C2)C1C.CC1C2CC(CCO)C(C2)C1C.CC1C2CC(CCOCO)C(C2)C1C.CC1C2CC(CO)C(C2)C1C.CC1C2CC(COCCO)C(C2)C1C.CC1C2CC(COCO)C(C2)C1C. The first-order chi connectivity index (χ1) is 36.9. The quantitative estimate of drug-likeness (QED) is 0.0618. The molecule has 0 amide bonds. The third-order valence-corrected chi connectivity index (χ3v) is 27.4. The lowest BCUT2D eigenvalue weighted by Gasteiger charge is -2.31. The van der Waals surface area contributed by atoms with Crippen LogP contribution in [-0.2, 0) is 14.2 Å². The molecule has 12 aliphatic carbocycles. The standard InChI is InChI=1S/2C12H22O2.C12H22O.C11H20O2.C11H20O.C10H18O.12CH4/c1-8-9(2)12-6-10(8)5-11(12)7-14-4-3-13;1-8-9(2)12-6-11(8)5-10(12)3-4-14-7-13;1-8-9(2)12-7-11(8)6-10(12)4-3-5-13;1-7-8(2)11-4-9(7)3-10(11)5-13-6-12;1-7-8(2)11-6-10(7)5-9(11)3-4-12;1-6-7(2)10-4-8(6)3-9(10)5-11;;;;;;;;;;;;/h2*8-13H,3-7H2,1-2H3;8-13H,3-7H2,1-2H3;7-12H,3-6H2,1-2H3;7-12H,3-6H2,1-2H3;6-11H,3-5H2,1-2H3;12*1H4. The number of fused-ring (bicyclic) bond motifs is 12. The smallest absolute Gasteiger partial charge is 0.143 e. The van der Waals surface area contributed by atoms with Crippen LogP contribution in [0.3, 0.4) is 0 Å². The Morgan fingerprint density at radius 1 is 0.247 bits per heavy atom. The van der Waals surface area contributed by atoms with E-state index < -0.39 is 0 Å². The van der Waals surface area contributed by atoms with Gasteiger partial charge in [0.2, 0.25) is 0 Å². The maximum atomic E-state index is 9.09. The number of hydrogen-bond acceptors (Lipinski definition) is 9. The number of aliphatic hydroxyl groups is 6. The second-order valence-corrected chi connectivity index (χ2v) is 29.9. The Kier molecular flexibility index (Phi) is 52.4. The van der Waals surface area contributed by atoms with Crippen LogP contribution in [-0.4, -0.2) is 97.1 Å². The molecule has 12 saturated carbocycles. The summed E-state index contributed by atoms with van der Waals surface area (Å²) in [4.78, 5) is 0. The Labute approximate surface area is 561 Å². The van der Waals surface area contributed by atoms with Crippen molar-refractivity contribution in [1.82, 2.24) is 0 Å². The lowest BCUT2D eigenvalue weighted by molar-refractivity contribution is -0.0320.